The highest BCUT2D eigenvalue weighted by Crippen LogP contribution is 2.13. The fourth-order valence-electron chi connectivity index (χ4n) is 0.990. The van der Waals surface area contributed by atoms with Crippen LogP contribution >= 0.6 is 0 Å². The molecule has 0 atom stereocenters. The minimum Gasteiger partial charge on any atom is -0.265 e. The summed E-state index contributed by atoms with van der Waals surface area (Å²) in [4.78, 5) is 7.86. The molecule has 0 aliphatic rings. The van der Waals surface area contributed by atoms with Gasteiger partial charge in [-0.1, -0.05) is 13.0 Å². The third-order valence-electron chi connectivity index (χ3n) is 1.54. The second-order valence-electron chi connectivity index (χ2n) is 2.39. The average Bonchev–Trinajstić information content (AvgIpc) is 2.15. The summed E-state index contributed by atoms with van der Waals surface area (Å²) in [6, 6.07) is 3.85. The van der Waals surface area contributed by atoms with Crippen LogP contribution < -0.4 is 0 Å². The Kier molecular flexibility index (Phi) is 3.20. The molecule has 2 heteroatoms. The zero-order chi connectivity index (χ0) is 8.81. The van der Waals surface area contributed by atoms with E-state index in [4.69, 9.17) is 0 Å². The van der Waals surface area contributed by atoms with Gasteiger partial charge in [-0.15, -0.1) is 0 Å². The summed E-state index contributed by atoms with van der Waals surface area (Å²) in [6.07, 6.45) is 6.52. The van der Waals surface area contributed by atoms with E-state index in [1.54, 1.807) is 12.4 Å². The Morgan fingerprint density at radius 2 is 2.25 bits per heavy atom. The van der Waals surface area contributed by atoms with E-state index in [0.29, 0.717) is 0 Å². The molecule has 0 N–H and O–H groups in total. The minimum atomic E-state index is 0.930. The van der Waals surface area contributed by atoms with Crippen LogP contribution in [0.15, 0.2) is 35.6 Å². The maximum Gasteiger partial charge on any atom is 0.0655 e. The summed E-state index contributed by atoms with van der Waals surface area (Å²) >= 11 is 0. The lowest BCUT2D eigenvalue weighted by atomic mass is 10.2. The minimum absolute atomic E-state index is 0.930. The van der Waals surface area contributed by atoms with Gasteiger partial charge in [0, 0.05) is 18.0 Å². The Balaban J connectivity index is 2.96. The first-order chi connectivity index (χ1) is 5.88. The van der Waals surface area contributed by atoms with Gasteiger partial charge >= 0.3 is 0 Å². The molecular formula is C10H12N2. The molecule has 0 fully saturated rings. The topological polar surface area (TPSA) is 25.2 Å². The molecule has 62 valence electrons. The van der Waals surface area contributed by atoms with Crippen molar-refractivity contribution in [1.82, 2.24) is 4.98 Å². The van der Waals surface area contributed by atoms with Crippen LogP contribution in [0.25, 0.3) is 5.70 Å². The second kappa shape index (κ2) is 4.44. The first kappa shape index (κ1) is 8.65. The predicted octanol–water partition coefficient (Wildman–Crippen LogP) is 2.53. The van der Waals surface area contributed by atoms with Crippen LogP contribution in [0, 0.1) is 0 Å². The number of nitrogens with zero attached hydrogens (tertiary/aromatic N) is 2. The molecule has 2 nitrogen and oxygen atoms in total. The molecule has 1 aromatic heterocycles. The lowest BCUT2D eigenvalue weighted by molar-refractivity contribution is 1.21. The van der Waals surface area contributed by atoms with Gasteiger partial charge < -0.3 is 0 Å². The third-order valence-corrected chi connectivity index (χ3v) is 1.54. The maximum atomic E-state index is 3.93. The second-order valence-corrected chi connectivity index (χ2v) is 2.39. The molecule has 0 amide bonds. The van der Waals surface area contributed by atoms with Crippen molar-refractivity contribution in [3.8, 4) is 0 Å². The van der Waals surface area contributed by atoms with Crippen molar-refractivity contribution in [2.45, 2.75) is 13.3 Å². The van der Waals surface area contributed by atoms with Crippen molar-refractivity contribution in [1.29, 1.82) is 0 Å². The van der Waals surface area contributed by atoms with Gasteiger partial charge in [-0.05, 0) is 25.3 Å². The summed E-state index contributed by atoms with van der Waals surface area (Å²) in [5.74, 6) is 0. The van der Waals surface area contributed by atoms with Crippen molar-refractivity contribution >= 4 is 12.4 Å². The third kappa shape index (κ3) is 2.02. The first-order valence-corrected chi connectivity index (χ1v) is 3.95. The number of aromatic nitrogens is 1. The highest BCUT2D eigenvalue weighted by molar-refractivity contribution is 5.67. The Hall–Kier alpha value is -1.44. The first-order valence-electron chi connectivity index (χ1n) is 3.95. The molecule has 0 bridgehead atoms. The zero-order valence-corrected chi connectivity index (χ0v) is 7.20. The summed E-state index contributed by atoms with van der Waals surface area (Å²) in [5.41, 5.74) is 2.00. The van der Waals surface area contributed by atoms with E-state index in [-0.39, 0.29) is 0 Å². The molecule has 0 spiro atoms. The van der Waals surface area contributed by atoms with Crippen LogP contribution in [-0.2, 0) is 0 Å². The number of allylic oxidation sites excluding steroid dienone is 1. The predicted molar refractivity (Wildman–Crippen MR) is 52.1 cm³/mol. The van der Waals surface area contributed by atoms with E-state index < -0.39 is 0 Å². The van der Waals surface area contributed by atoms with Gasteiger partial charge in [0.05, 0.1) is 5.70 Å². The lowest BCUT2D eigenvalue weighted by Gasteiger charge is -1.98. The molecule has 0 radical (unpaired) electrons. The Bertz CT molecular complexity index is 275. The van der Waals surface area contributed by atoms with Crippen molar-refractivity contribution in [3.63, 3.8) is 0 Å². The number of hydrogen-bond donors (Lipinski definition) is 0. The summed E-state index contributed by atoms with van der Waals surface area (Å²) < 4.78 is 0. The van der Waals surface area contributed by atoms with Gasteiger partial charge in [0.2, 0.25) is 0 Å². The highest BCUT2D eigenvalue weighted by atomic mass is 14.7. The number of pyridine rings is 1. The smallest absolute Gasteiger partial charge is 0.0655 e. The van der Waals surface area contributed by atoms with Crippen LogP contribution in [0.5, 0.6) is 0 Å². The van der Waals surface area contributed by atoms with Crippen LogP contribution in [0.2, 0.25) is 0 Å². The van der Waals surface area contributed by atoms with E-state index >= 15 is 0 Å². The molecule has 12 heavy (non-hydrogen) atoms. The van der Waals surface area contributed by atoms with Crippen molar-refractivity contribution in [2.75, 3.05) is 0 Å². The lowest BCUT2D eigenvalue weighted by Crippen LogP contribution is -1.80. The van der Waals surface area contributed by atoms with Crippen molar-refractivity contribution < 1.29 is 0 Å². The fourth-order valence-corrected chi connectivity index (χ4v) is 0.990. The number of rotatable bonds is 3. The van der Waals surface area contributed by atoms with Crippen molar-refractivity contribution in [2.24, 2.45) is 4.99 Å². The van der Waals surface area contributed by atoms with Crippen LogP contribution in [-0.4, -0.2) is 11.7 Å². The fraction of sp³-hybridized carbons (Fsp3) is 0.200. The Labute approximate surface area is 72.7 Å². The Morgan fingerprint density at radius 1 is 1.58 bits per heavy atom. The number of aliphatic imine (C=N–C) groups is 1. The van der Waals surface area contributed by atoms with Gasteiger partial charge in [0.1, 0.15) is 0 Å². The van der Waals surface area contributed by atoms with Gasteiger partial charge in [0.25, 0.3) is 0 Å². The molecule has 0 unspecified atom stereocenters. The zero-order valence-electron chi connectivity index (χ0n) is 7.20. The molecule has 0 aliphatic carbocycles. The van der Waals surface area contributed by atoms with E-state index in [1.807, 2.05) is 18.2 Å². The van der Waals surface area contributed by atoms with Gasteiger partial charge in [-0.25, -0.2) is 0 Å². The van der Waals surface area contributed by atoms with Gasteiger partial charge in [0.15, 0.2) is 0 Å². The average molecular weight is 160 g/mol. The molecule has 1 aromatic rings. The number of hydrogen-bond acceptors (Lipinski definition) is 2. The quantitative estimate of drug-likeness (QED) is 0.624. The largest absolute Gasteiger partial charge is 0.265 e. The summed E-state index contributed by atoms with van der Waals surface area (Å²) in [6.45, 7) is 5.59. The molecule has 0 aliphatic heterocycles. The normalized spacial score (nSPS) is 11.2. The monoisotopic (exact) mass is 160 g/mol. The van der Waals surface area contributed by atoms with E-state index in [2.05, 4.69) is 23.6 Å². The van der Waals surface area contributed by atoms with Crippen LogP contribution in [0.1, 0.15) is 18.9 Å². The molecule has 0 saturated carbocycles. The summed E-state index contributed by atoms with van der Waals surface area (Å²) in [7, 11) is 0. The molecular weight excluding hydrogens is 148 g/mol. The Morgan fingerprint density at radius 3 is 2.75 bits per heavy atom. The molecule has 0 saturated heterocycles. The van der Waals surface area contributed by atoms with E-state index in [1.165, 1.54) is 0 Å². The molecule has 0 aromatic carbocycles. The van der Waals surface area contributed by atoms with E-state index in [0.717, 1.165) is 17.7 Å². The van der Waals surface area contributed by atoms with Crippen molar-refractivity contribution in [3.05, 3.63) is 36.2 Å². The SMILES string of the molecule is C=N/C(=C\CC)c1ccncc1. The van der Waals surface area contributed by atoms with Crippen LogP contribution in [0.3, 0.4) is 0 Å². The van der Waals surface area contributed by atoms with Gasteiger partial charge in [-0.2, -0.15) is 0 Å². The standard InChI is InChI=1S/C10H12N2/c1-3-4-10(11-2)9-5-7-12-8-6-9/h4-8H,2-3H2,1H3/b10-4-. The highest BCUT2D eigenvalue weighted by Gasteiger charge is 1.94. The maximum absolute atomic E-state index is 3.93. The van der Waals surface area contributed by atoms with Gasteiger partial charge in [-0.3, -0.25) is 9.98 Å². The molecule has 1 rings (SSSR count). The summed E-state index contributed by atoms with van der Waals surface area (Å²) in [5, 5.41) is 0. The van der Waals surface area contributed by atoms with Crippen LogP contribution in [0.4, 0.5) is 0 Å². The van der Waals surface area contributed by atoms with E-state index in [9.17, 15) is 0 Å². The molecule has 1 heterocycles.